The summed E-state index contributed by atoms with van der Waals surface area (Å²) in [5, 5.41) is 3.49. The zero-order valence-corrected chi connectivity index (χ0v) is 9.91. The van der Waals surface area contributed by atoms with E-state index >= 15 is 0 Å². The maximum atomic E-state index is 12.8. The minimum atomic E-state index is -0.163. The minimum Gasteiger partial charge on any atom is -0.310 e. The van der Waals surface area contributed by atoms with Crippen LogP contribution in [0, 0.1) is 5.82 Å². The lowest BCUT2D eigenvalue weighted by atomic mass is 9.93. The molecule has 2 rings (SSSR count). The number of halogens is 1. The van der Waals surface area contributed by atoms with Crippen LogP contribution in [0.25, 0.3) is 0 Å². The third-order valence-corrected chi connectivity index (χ3v) is 3.38. The van der Waals surface area contributed by atoms with E-state index in [-0.39, 0.29) is 5.82 Å². The van der Waals surface area contributed by atoms with Gasteiger partial charge in [0.05, 0.1) is 0 Å². The van der Waals surface area contributed by atoms with Crippen molar-refractivity contribution in [2.75, 3.05) is 20.6 Å². The predicted molar refractivity (Wildman–Crippen MR) is 63.9 cm³/mol. The summed E-state index contributed by atoms with van der Waals surface area (Å²) >= 11 is 0. The third kappa shape index (κ3) is 2.60. The Morgan fingerprint density at radius 3 is 2.56 bits per heavy atom. The van der Waals surface area contributed by atoms with Crippen molar-refractivity contribution in [3.05, 3.63) is 35.6 Å². The molecule has 3 heteroatoms. The molecule has 0 bridgehead atoms. The van der Waals surface area contributed by atoms with Crippen molar-refractivity contribution in [2.24, 2.45) is 0 Å². The molecule has 0 saturated carbocycles. The van der Waals surface area contributed by atoms with Crippen LogP contribution in [0.4, 0.5) is 4.39 Å². The second-order valence-electron chi connectivity index (χ2n) is 4.70. The lowest BCUT2D eigenvalue weighted by molar-refractivity contribution is 0.207. The van der Waals surface area contributed by atoms with Crippen LogP contribution in [0.15, 0.2) is 24.3 Å². The van der Waals surface area contributed by atoms with Gasteiger partial charge >= 0.3 is 0 Å². The van der Waals surface area contributed by atoms with Gasteiger partial charge in [-0.2, -0.15) is 0 Å². The molecule has 2 atom stereocenters. The van der Waals surface area contributed by atoms with Crippen LogP contribution in [0.5, 0.6) is 0 Å². The lowest BCUT2D eigenvalue weighted by Gasteiger charge is -2.34. The Balaban J connectivity index is 2.06. The maximum absolute atomic E-state index is 12.8. The third-order valence-electron chi connectivity index (χ3n) is 3.38. The summed E-state index contributed by atoms with van der Waals surface area (Å²) < 4.78 is 12.8. The van der Waals surface area contributed by atoms with Crippen LogP contribution in [0.1, 0.15) is 24.4 Å². The molecule has 1 fully saturated rings. The molecule has 2 unspecified atom stereocenters. The monoisotopic (exact) mass is 222 g/mol. The Hall–Kier alpha value is -0.930. The molecule has 1 aliphatic heterocycles. The molecule has 0 radical (unpaired) electrons. The first kappa shape index (κ1) is 11.6. The van der Waals surface area contributed by atoms with E-state index in [1.165, 1.54) is 24.1 Å². The zero-order chi connectivity index (χ0) is 11.5. The van der Waals surface area contributed by atoms with E-state index in [9.17, 15) is 4.39 Å². The maximum Gasteiger partial charge on any atom is 0.123 e. The molecule has 1 aliphatic rings. The van der Waals surface area contributed by atoms with Gasteiger partial charge in [-0.05, 0) is 51.2 Å². The van der Waals surface area contributed by atoms with Crippen molar-refractivity contribution in [3.63, 3.8) is 0 Å². The SMILES string of the molecule is CN(C)C1CCNC(c2ccc(F)cc2)C1. The minimum absolute atomic E-state index is 0.163. The van der Waals surface area contributed by atoms with Crippen molar-refractivity contribution < 1.29 is 4.39 Å². The zero-order valence-electron chi connectivity index (χ0n) is 9.91. The van der Waals surface area contributed by atoms with Crippen LogP contribution < -0.4 is 5.32 Å². The molecule has 1 aromatic rings. The Morgan fingerprint density at radius 2 is 1.94 bits per heavy atom. The molecular weight excluding hydrogens is 203 g/mol. The summed E-state index contributed by atoms with van der Waals surface area (Å²) in [4.78, 5) is 2.28. The smallest absolute Gasteiger partial charge is 0.123 e. The molecule has 1 aromatic carbocycles. The summed E-state index contributed by atoms with van der Waals surface area (Å²) in [5.74, 6) is -0.163. The van der Waals surface area contributed by atoms with E-state index in [4.69, 9.17) is 0 Å². The fourth-order valence-electron chi connectivity index (χ4n) is 2.32. The first-order valence-electron chi connectivity index (χ1n) is 5.82. The van der Waals surface area contributed by atoms with Gasteiger partial charge in [-0.25, -0.2) is 4.39 Å². The second-order valence-corrected chi connectivity index (χ2v) is 4.70. The molecule has 0 aromatic heterocycles. The fraction of sp³-hybridized carbons (Fsp3) is 0.538. The van der Waals surface area contributed by atoms with E-state index in [0.29, 0.717) is 12.1 Å². The van der Waals surface area contributed by atoms with E-state index in [1.54, 1.807) is 0 Å². The summed E-state index contributed by atoms with van der Waals surface area (Å²) in [7, 11) is 4.25. The molecule has 1 saturated heterocycles. The Labute approximate surface area is 96.5 Å². The summed E-state index contributed by atoms with van der Waals surface area (Å²) in [5.41, 5.74) is 1.19. The summed E-state index contributed by atoms with van der Waals surface area (Å²) in [6.07, 6.45) is 2.28. The molecule has 0 aliphatic carbocycles. The normalized spacial score (nSPS) is 26.0. The molecular formula is C13H19FN2. The molecule has 0 amide bonds. The standard InChI is InChI=1S/C13H19FN2/c1-16(2)12-7-8-15-13(9-12)10-3-5-11(14)6-4-10/h3-6,12-13,15H,7-9H2,1-2H3. The van der Waals surface area contributed by atoms with Gasteiger partial charge in [-0.3, -0.25) is 0 Å². The van der Waals surface area contributed by atoms with Crippen molar-refractivity contribution in [2.45, 2.75) is 24.9 Å². The van der Waals surface area contributed by atoms with Crippen LogP contribution in [-0.2, 0) is 0 Å². The van der Waals surface area contributed by atoms with Crippen molar-refractivity contribution in [1.82, 2.24) is 10.2 Å². The Bertz CT molecular complexity index is 334. The molecule has 1 heterocycles. The number of hydrogen-bond donors (Lipinski definition) is 1. The highest BCUT2D eigenvalue weighted by molar-refractivity contribution is 5.20. The second kappa shape index (κ2) is 4.93. The van der Waals surface area contributed by atoms with Gasteiger partial charge in [-0.1, -0.05) is 12.1 Å². The predicted octanol–water partition coefficient (Wildman–Crippen LogP) is 2.18. The van der Waals surface area contributed by atoms with Gasteiger partial charge < -0.3 is 10.2 Å². The molecule has 1 N–H and O–H groups in total. The van der Waals surface area contributed by atoms with E-state index in [2.05, 4.69) is 24.3 Å². The van der Waals surface area contributed by atoms with Crippen molar-refractivity contribution in [3.8, 4) is 0 Å². The average molecular weight is 222 g/mol. The van der Waals surface area contributed by atoms with E-state index in [0.717, 1.165) is 13.0 Å². The van der Waals surface area contributed by atoms with Crippen LogP contribution >= 0.6 is 0 Å². The Kier molecular flexibility index (Phi) is 3.56. The first-order chi connectivity index (χ1) is 7.66. The number of piperidine rings is 1. The van der Waals surface area contributed by atoms with Crippen LogP contribution in [0.2, 0.25) is 0 Å². The lowest BCUT2D eigenvalue weighted by Crippen LogP contribution is -2.41. The number of hydrogen-bond acceptors (Lipinski definition) is 2. The largest absolute Gasteiger partial charge is 0.310 e. The van der Waals surface area contributed by atoms with Gasteiger partial charge in [0, 0.05) is 12.1 Å². The number of rotatable bonds is 2. The fourth-order valence-corrected chi connectivity index (χ4v) is 2.32. The van der Waals surface area contributed by atoms with Crippen LogP contribution in [-0.4, -0.2) is 31.6 Å². The topological polar surface area (TPSA) is 15.3 Å². The average Bonchev–Trinajstić information content (AvgIpc) is 2.30. The number of nitrogens with one attached hydrogen (secondary N) is 1. The van der Waals surface area contributed by atoms with Crippen molar-refractivity contribution in [1.29, 1.82) is 0 Å². The Morgan fingerprint density at radius 1 is 1.25 bits per heavy atom. The highest BCUT2D eigenvalue weighted by Gasteiger charge is 2.23. The van der Waals surface area contributed by atoms with Gasteiger partial charge in [0.2, 0.25) is 0 Å². The van der Waals surface area contributed by atoms with E-state index in [1.807, 2.05) is 12.1 Å². The van der Waals surface area contributed by atoms with Crippen molar-refractivity contribution >= 4 is 0 Å². The van der Waals surface area contributed by atoms with Gasteiger partial charge in [0.1, 0.15) is 5.82 Å². The van der Waals surface area contributed by atoms with Crippen LogP contribution in [0.3, 0.4) is 0 Å². The quantitative estimate of drug-likeness (QED) is 0.825. The van der Waals surface area contributed by atoms with Gasteiger partial charge in [0.15, 0.2) is 0 Å². The summed E-state index contributed by atoms with van der Waals surface area (Å²) in [6, 6.07) is 7.82. The highest BCUT2D eigenvalue weighted by Crippen LogP contribution is 2.25. The number of benzene rings is 1. The van der Waals surface area contributed by atoms with E-state index < -0.39 is 0 Å². The molecule has 16 heavy (non-hydrogen) atoms. The highest BCUT2D eigenvalue weighted by atomic mass is 19.1. The summed E-state index contributed by atoms with van der Waals surface area (Å²) in [6.45, 7) is 1.03. The van der Waals surface area contributed by atoms with Gasteiger partial charge in [-0.15, -0.1) is 0 Å². The van der Waals surface area contributed by atoms with Gasteiger partial charge in [0.25, 0.3) is 0 Å². The first-order valence-corrected chi connectivity index (χ1v) is 5.82. The molecule has 0 spiro atoms. The number of nitrogens with zero attached hydrogens (tertiary/aromatic N) is 1. The molecule has 88 valence electrons. The molecule has 2 nitrogen and oxygen atoms in total.